The Labute approximate surface area is 125 Å². The predicted octanol–water partition coefficient (Wildman–Crippen LogP) is 3.16. The Morgan fingerprint density at radius 1 is 1.29 bits per heavy atom. The molecule has 21 heavy (non-hydrogen) atoms. The van der Waals surface area contributed by atoms with Gasteiger partial charge in [-0.25, -0.2) is 0 Å². The zero-order valence-electron chi connectivity index (χ0n) is 12.1. The summed E-state index contributed by atoms with van der Waals surface area (Å²) < 4.78 is 0. The van der Waals surface area contributed by atoms with Crippen LogP contribution in [0.3, 0.4) is 0 Å². The molecule has 1 aromatic heterocycles. The van der Waals surface area contributed by atoms with Crippen molar-refractivity contribution in [1.82, 2.24) is 10.3 Å². The largest absolute Gasteiger partial charge is 0.347 e. The zero-order valence-corrected chi connectivity index (χ0v) is 12.1. The molecule has 0 radical (unpaired) electrons. The van der Waals surface area contributed by atoms with Gasteiger partial charge in [-0.1, -0.05) is 24.3 Å². The van der Waals surface area contributed by atoms with Crippen molar-refractivity contribution in [3.8, 4) is 0 Å². The Hall–Kier alpha value is -2.62. The molecule has 1 aromatic carbocycles. The molecule has 0 aliphatic rings. The number of carbonyl (C=O) groups excluding carboxylic acids is 1. The first kappa shape index (κ1) is 14.8. The fourth-order valence-corrected chi connectivity index (χ4v) is 2.09. The minimum atomic E-state index is -0.194. The summed E-state index contributed by atoms with van der Waals surface area (Å²) in [6, 6.07) is 13.8. The van der Waals surface area contributed by atoms with E-state index in [1.165, 1.54) is 0 Å². The molecule has 0 atom stereocenters. The molecule has 1 amide bonds. The van der Waals surface area contributed by atoms with Gasteiger partial charge in [0, 0.05) is 30.7 Å². The Morgan fingerprint density at radius 3 is 2.71 bits per heavy atom. The van der Waals surface area contributed by atoms with Gasteiger partial charge in [-0.05, 0) is 31.2 Å². The van der Waals surface area contributed by atoms with Crippen LogP contribution in [0.15, 0.2) is 61.3 Å². The van der Waals surface area contributed by atoms with Crippen molar-refractivity contribution in [1.29, 1.82) is 0 Å². The van der Waals surface area contributed by atoms with E-state index in [1.807, 2.05) is 36.4 Å². The molecule has 0 fully saturated rings. The van der Waals surface area contributed by atoms with Crippen LogP contribution in [0.2, 0.25) is 0 Å². The van der Waals surface area contributed by atoms with E-state index in [0.29, 0.717) is 12.2 Å². The van der Waals surface area contributed by atoms with Crippen LogP contribution < -0.4 is 10.2 Å². The highest BCUT2D eigenvalue weighted by Crippen LogP contribution is 2.24. The van der Waals surface area contributed by atoms with E-state index < -0.39 is 0 Å². The number of benzene rings is 1. The van der Waals surface area contributed by atoms with Crippen molar-refractivity contribution in [3.05, 3.63) is 67.0 Å². The number of hydrogen-bond acceptors (Lipinski definition) is 3. The lowest BCUT2D eigenvalue weighted by atomic mass is 10.2. The second-order valence-electron chi connectivity index (χ2n) is 4.48. The fraction of sp³-hybridized carbons (Fsp3) is 0.176. The van der Waals surface area contributed by atoms with E-state index in [2.05, 4.69) is 28.7 Å². The molecule has 1 heterocycles. The minimum Gasteiger partial charge on any atom is -0.347 e. The minimum absolute atomic E-state index is 0.194. The van der Waals surface area contributed by atoms with E-state index in [9.17, 15) is 4.79 Å². The van der Waals surface area contributed by atoms with Crippen LogP contribution in [0.25, 0.3) is 0 Å². The standard InChI is InChI=1S/C17H19N3O/c1-3-11-19-17(21)16-13-15(10-12-18-16)20(4-2)14-8-6-5-7-9-14/h3,5-10,12-13H,1,4,11H2,2H3,(H,19,21). The molecule has 0 saturated carbocycles. The lowest BCUT2D eigenvalue weighted by Gasteiger charge is -2.23. The molecule has 0 bridgehead atoms. The molecule has 2 rings (SSSR count). The summed E-state index contributed by atoms with van der Waals surface area (Å²) in [4.78, 5) is 18.2. The molecule has 0 unspecified atom stereocenters. The van der Waals surface area contributed by atoms with Gasteiger partial charge in [0.05, 0.1) is 0 Å². The third-order valence-electron chi connectivity index (χ3n) is 3.08. The van der Waals surface area contributed by atoms with Gasteiger partial charge in [-0.2, -0.15) is 0 Å². The summed E-state index contributed by atoms with van der Waals surface area (Å²) in [6.07, 6.45) is 3.30. The molecule has 1 N–H and O–H groups in total. The van der Waals surface area contributed by atoms with Crippen molar-refractivity contribution in [2.24, 2.45) is 0 Å². The first-order chi connectivity index (χ1) is 10.3. The van der Waals surface area contributed by atoms with E-state index in [4.69, 9.17) is 0 Å². The van der Waals surface area contributed by atoms with Gasteiger partial charge in [-0.15, -0.1) is 6.58 Å². The van der Waals surface area contributed by atoms with Crippen molar-refractivity contribution in [3.63, 3.8) is 0 Å². The highest BCUT2D eigenvalue weighted by atomic mass is 16.1. The smallest absolute Gasteiger partial charge is 0.270 e. The number of para-hydroxylation sites is 1. The van der Waals surface area contributed by atoms with Gasteiger partial charge < -0.3 is 10.2 Å². The Bertz CT molecular complexity index is 610. The number of rotatable bonds is 6. The second-order valence-corrected chi connectivity index (χ2v) is 4.48. The Morgan fingerprint density at radius 2 is 2.05 bits per heavy atom. The first-order valence-corrected chi connectivity index (χ1v) is 6.94. The van der Waals surface area contributed by atoms with Crippen molar-refractivity contribution in [2.45, 2.75) is 6.92 Å². The quantitative estimate of drug-likeness (QED) is 0.827. The van der Waals surface area contributed by atoms with Crippen LogP contribution in [0.1, 0.15) is 17.4 Å². The summed E-state index contributed by atoms with van der Waals surface area (Å²) in [7, 11) is 0. The molecule has 0 aliphatic carbocycles. The third kappa shape index (κ3) is 3.69. The van der Waals surface area contributed by atoms with Crippen LogP contribution in [0, 0.1) is 0 Å². The number of hydrogen-bond donors (Lipinski definition) is 1. The Kier molecular flexibility index (Phi) is 5.10. The van der Waals surface area contributed by atoms with Crippen LogP contribution in [-0.2, 0) is 0 Å². The molecule has 0 aliphatic heterocycles. The van der Waals surface area contributed by atoms with Gasteiger partial charge in [0.25, 0.3) is 5.91 Å². The predicted molar refractivity (Wildman–Crippen MR) is 85.9 cm³/mol. The number of nitrogens with zero attached hydrogens (tertiary/aromatic N) is 2. The average Bonchev–Trinajstić information content (AvgIpc) is 2.54. The topological polar surface area (TPSA) is 45.2 Å². The lowest BCUT2D eigenvalue weighted by molar-refractivity contribution is 0.0953. The van der Waals surface area contributed by atoms with Gasteiger partial charge in [0.1, 0.15) is 5.69 Å². The Balaban J connectivity index is 2.27. The third-order valence-corrected chi connectivity index (χ3v) is 3.08. The normalized spacial score (nSPS) is 9.95. The van der Waals surface area contributed by atoms with Crippen molar-refractivity contribution < 1.29 is 4.79 Å². The van der Waals surface area contributed by atoms with Crippen molar-refractivity contribution >= 4 is 17.3 Å². The molecular formula is C17H19N3O. The van der Waals surface area contributed by atoms with E-state index >= 15 is 0 Å². The lowest BCUT2D eigenvalue weighted by Crippen LogP contribution is -2.25. The fourth-order valence-electron chi connectivity index (χ4n) is 2.09. The van der Waals surface area contributed by atoms with Gasteiger partial charge in [0.15, 0.2) is 0 Å². The number of nitrogens with one attached hydrogen (secondary N) is 1. The SMILES string of the molecule is C=CCNC(=O)c1cc(N(CC)c2ccccc2)ccn1. The summed E-state index contributed by atoms with van der Waals surface area (Å²) in [6.45, 7) is 6.89. The van der Waals surface area contributed by atoms with Crippen molar-refractivity contribution in [2.75, 3.05) is 18.0 Å². The number of aromatic nitrogens is 1. The molecule has 4 nitrogen and oxygen atoms in total. The summed E-state index contributed by atoms with van der Waals surface area (Å²) in [5.41, 5.74) is 2.44. The van der Waals surface area contributed by atoms with Crippen LogP contribution in [0.5, 0.6) is 0 Å². The van der Waals surface area contributed by atoms with Gasteiger partial charge in [0.2, 0.25) is 0 Å². The zero-order chi connectivity index (χ0) is 15.1. The van der Waals surface area contributed by atoms with Crippen LogP contribution in [-0.4, -0.2) is 24.0 Å². The van der Waals surface area contributed by atoms with Crippen LogP contribution in [0.4, 0.5) is 11.4 Å². The highest BCUT2D eigenvalue weighted by Gasteiger charge is 2.11. The average molecular weight is 281 g/mol. The second kappa shape index (κ2) is 7.24. The maximum absolute atomic E-state index is 12.0. The molecule has 0 saturated heterocycles. The van der Waals surface area contributed by atoms with E-state index in [0.717, 1.165) is 17.9 Å². The number of amides is 1. The first-order valence-electron chi connectivity index (χ1n) is 6.94. The van der Waals surface area contributed by atoms with Gasteiger partial charge >= 0.3 is 0 Å². The van der Waals surface area contributed by atoms with E-state index in [1.54, 1.807) is 18.3 Å². The molecule has 4 heteroatoms. The summed E-state index contributed by atoms with van der Waals surface area (Å²) >= 11 is 0. The molecular weight excluding hydrogens is 262 g/mol. The summed E-state index contributed by atoms with van der Waals surface area (Å²) in [5, 5.41) is 2.73. The highest BCUT2D eigenvalue weighted by molar-refractivity contribution is 5.93. The van der Waals surface area contributed by atoms with Crippen LogP contribution >= 0.6 is 0 Å². The number of anilines is 2. The van der Waals surface area contributed by atoms with Gasteiger partial charge in [-0.3, -0.25) is 9.78 Å². The van der Waals surface area contributed by atoms with E-state index in [-0.39, 0.29) is 5.91 Å². The number of carbonyl (C=O) groups is 1. The summed E-state index contributed by atoms with van der Waals surface area (Å²) in [5.74, 6) is -0.194. The maximum atomic E-state index is 12.0. The monoisotopic (exact) mass is 281 g/mol. The number of pyridine rings is 1. The molecule has 108 valence electrons. The maximum Gasteiger partial charge on any atom is 0.270 e. The molecule has 0 spiro atoms. The molecule has 2 aromatic rings.